The SMILES string of the molecule is CCN1CCCC1c1nc(CC(=O)O)cs1. The summed E-state index contributed by atoms with van der Waals surface area (Å²) in [5.41, 5.74) is 0.690. The fourth-order valence-electron chi connectivity index (χ4n) is 2.20. The summed E-state index contributed by atoms with van der Waals surface area (Å²) < 4.78 is 0. The summed E-state index contributed by atoms with van der Waals surface area (Å²) in [5, 5.41) is 11.6. The maximum absolute atomic E-state index is 10.6. The minimum atomic E-state index is -0.810. The third kappa shape index (κ3) is 2.41. The number of carboxylic acid groups (broad SMARTS) is 1. The second-order valence-corrected chi connectivity index (χ2v) is 4.92. The van der Waals surface area contributed by atoms with Crippen molar-refractivity contribution in [1.82, 2.24) is 9.88 Å². The van der Waals surface area contributed by atoms with Gasteiger partial charge >= 0.3 is 5.97 Å². The minimum Gasteiger partial charge on any atom is -0.481 e. The first-order chi connectivity index (χ1) is 7.70. The molecule has 0 spiro atoms. The van der Waals surface area contributed by atoms with Gasteiger partial charge in [-0.05, 0) is 25.9 Å². The van der Waals surface area contributed by atoms with E-state index in [1.54, 1.807) is 11.3 Å². The summed E-state index contributed by atoms with van der Waals surface area (Å²) in [6, 6.07) is 0.414. The van der Waals surface area contributed by atoms with E-state index in [1.165, 1.54) is 6.42 Å². The molecule has 88 valence electrons. The molecule has 0 saturated carbocycles. The maximum Gasteiger partial charge on any atom is 0.309 e. The number of hydrogen-bond acceptors (Lipinski definition) is 4. The summed E-state index contributed by atoms with van der Waals surface area (Å²) in [6.07, 6.45) is 2.40. The van der Waals surface area contributed by atoms with Gasteiger partial charge in [0.1, 0.15) is 5.01 Å². The Labute approximate surface area is 98.9 Å². The molecule has 1 aromatic heterocycles. The van der Waals surface area contributed by atoms with Crippen LogP contribution in [0.15, 0.2) is 5.38 Å². The Bertz CT molecular complexity index is 378. The fourth-order valence-corrected chi connectivity index (χ4v) is 3.18. The molecule has 5 heteroatoms. The summed E-state index contributed by atoms with van der Waals surface area (Å²) in [5.74, 6) is -0.810. The van der Waals surface area contributed by atoms with E-state index in [0.717, 1.165) is 24.5 Å². The van der Waals surface area contributed by atoms with E-state index in [-0.39, 0.29) is 6.42 Å². The molecule has 1 N–H and O–H groups in total. The number of carbonyl (C=O) groups is 1. The van der Waals surface area contributed by atoms with E-state index in [2.05, 4.69) is 16.8 Å². The van der Waals surface area contributed by atoms with Gasteiger partial charge in [-0.15, -0.1) is 11.3 Å². The first-order valence-corrected chi connectivity index (χ1v) is 6.48. The Morgan fingerprint density at radius 2 is 2.56 bits per heavy atom. The number of thiazole rings is 1. The molecule has 2 heterocycles. The lowest BCUT2D eigenvalue weighted by atomic mass is 10.2. The molecule has 0 amide bonds. The van der Waals surface area contributed by atoms with Crippen LogP contribution in [0.25, 0.3) is 0 Å². The van der Waals surface area contributed by atoms with Crippen molar-refractivity contribution in [2.24, 2.45) is 0 Å². The van der Waals surface area contributed by atoms with Crippen molar-refractivity contribution in [3.63, 3.8) is 0 Å². The normalized spacial score (nSPS) is 21.4. The van der Waals surface area contributed by atoms with Crippen LogP contribution >= 0.6 is 11.3 Å². The molecule has 0 radical (unpaired) electrons. The Kier molecular flexibility index (Phi) is 3.56. The smallest absolute Gasteiger partial charge is 0.309 e. The molecule has 4 nitrogen and oxygen atoms in total. The first-order valence-electron chi connectivity index (χ1n) is 5.61. The number of hydrogen-bond donors (Lipinski definition) is 1. The number of aliphatic carboxylic acids is 1. The van der Waals surface area contributed by atoms with Gasteiger partial charge in [-0.3, -0.25) is 9.69 Å². The number of nitrogens with zero attached hydrogens (tertiary/aromatic N) is 2. The van der Waals surface area contributed by atoms with Gasteiger partial charge in [0.15, 0.2) is 0 Å². The Balaban J connectivity index is 2.09. The van der Waals surface area contributed by atoms with Gasteiger partial charge in [0.2, 0.25) is 0 Å². The summed E-state index contributed by atoms with van der Waals surface area (Å²) in [4.78, 5) is 17.4. The quantitative estimate of drug-likeness (QED) is 0.873. The average Bonchev–Trinajstić information content (AvgIpc) is 2.83. The molecule has 1 atom stereocenters. The third-order valence-electron chi connectivity index (χ3n) is 2.96. The van der Waals surface area contributed by atoms with Crippen LogP contribution in [-0.2, 0) is 11.2 Å². The zero-order valence-electron chi connectivity index (χ0n) is 9.35. The Morgan fingerprint density at radius 1 is 1.75 bits per heavy atom. The third-order valence-corrected chi connectivity index (χ3v) is 3.95. The molecule has 1 unspecified atom stereocenters. The van der Waals surface area contributed by atoms with Crippen LogP contribution in [0.2, 0.25) is 0 Å². The van der Waals surface area contributed by atoms with Crippen molar-refractivity contribution in [3.05, 3.63) is 16.1 Å². The van der Waals surface area contributed by atoms with Gasteiger partial charge in [0.25, 0.3) is 0 Å². The monoisotopic (exact) mass is 240 g/mol. The number of rotatable bonds is 4. The lowest BCUT2D eigenvalue weighted by Crippen LogP contribution is -2.22. The fraction of sp³-hybridized carbons (Fsp3) is 0.636. The van der Waals surface area contributed by atoms with Gasteiger partial charge in [-0.25, -0.2) is 4.98 Å². The highest BCUT2D eigenvalue weighted by atomic mass is 32.1. The number of carboxylic acids is 1. The summed E-state index contributed by atoms with van der Waals surface area (Å²) >= 11 is 1.59. The molecular formula is C11H16N2O2S. The largest absolute Gasteiger partial charge is 0.481 e. The lowest BCUT2D eigenvalue weighted by molar-refractivity contribution is -0.136. The number of aromatic nitrogens is 1. The van der Waals surface area contributed by atoms with E-state index in [1.807, 2.05) is 5.38 Å². The molecule has 1 saturated heterocycles. The predicted octanol–water partition coefficient (Wildman–Crippen LogP) is 1.93. The molecule has 0 bridgehead atoms. The zero-order chi connectivity index (χ0) is 11.5. The minimum absolute atomic E-state index is 0.0370. The highest BCUT2D eigenvalue weighted by molar-refractivity contribution is 7.09. The maximum atomic E-state index is 10.6. The molecular weight excluding hydrogens is 224 g/mol. The van der Waals surface area contributed by atoms with Gasteiger partial charge in [-0.1, -0.05) is 6.92 Å². The molecule has 16 heavy (non-hydrogen) atoms. The topological polar surface area (TPSA) is 53.4 Å². The molecule has 1 fully saturated rings. The Hall–Kier alpha value is -0.940. The zero-order valence-corrected chi connectivity index (χ0v) is 10.2. The standard InChI is InChI=1S/C11H16N2O2S/c1-2-13-5-3-4-9(13)11-12-8(7-16-11)6-10(14)15/h7,9H,2-6H2,1H3,(H,14,15). The van der Waals surface area contributed by atoms with Crippen molar-refractivity contribution < 1.29 is 9.90 Å². The van der Waals surface area contributed by atoms with Crippen LogP contribution in [0.1, 0.15) is 36.5 Å². The van der Waals surface area contributed by atoms with Crippen LogP contribution in [0, 0.1) is 0 Å². The van der Waals surface area contributed by atoms with Gasteiger partial charge in [0, 0.05) is 5.38 Å². The highest BCUT2D eigenvalue weighted by Crippen LogP contribution is 2.33. The van der Waals surface area contributed by atoms with E-state index >= 15 is 0 Å². The van der Waals surface area contributed by atoms with Crippen LogP contribution in [0.4, 0.5) is 0 Å². The van der Waals surface area contributed by atoms with Crippen molar-refractivity contribution in [3.8, 4) is 0 Å². The second kappa shape index (κ2) is 4.93. The molecule has 1 aliphatic rings. The summed E-state index contributed by atoms with van der Waals surface area (Å²) in [6.45, 7) is 4.33. The van der Waals surface area contributed by atoms with Crippen LogP contribution in [-0.4, -0.2) is 34.0 Å². The Morgan fingerprint density at radius 3 is 3.25 bits per heavy atom. The molecule has 1 aliphatic heterocycles. The van der Waals surface area contributed by atoms with Crippen LogP contribution in [0.3, 0.4) is 0 Å². The molecule has 0 aliphatic carbocycles. The van der Waals surface area contributed by atoms with Gasteiger partial charge in [0.05, 0.1) is 18.2 Å². The van der Waals surface area contributed by atoms with Gasteiger partial charge in [-0.2, -0.15) is 0 Å². The van der Waals surface area contributed by atoms with E-state index in [9.17, 15) is 4.79 Å². The van der Waals surface area contributed by atoms with Crippen LogP contribution < -0.4 is 0 Å². The van der Waals surface area contributed by atoms with E-state index in [0.29, 0.717) is 11.7 Å². The summed E-state index contributed by atoms with van der Waals surface area (Å²) in [7, 11) is 0. The average molecular weight is 240 g/mol. The molecule has 1 aromatic rings. The predicted molar refractivity (Wildman–Crippen MR) is 62.7 cm³/mol. The van der Waals surface area contributed by atoms with Crippen molar-refractivity contribution >= 4 is 17.3 Å². The van der Waals surface area contributed by atoms with E-state index in [4.69, 9.17) is 5.11 Å². The van der Waals surface area contributed by atoms with Crippen molar-refractivity contribution in [2.45, 2.75) is 32.2 Å². The van der Waals surface area contributed by atoms with Crippen molar-refractivity contribution in [1.29, 1.82) is 0 Å². The van der Waals surface area contributed by atoms with Gasteiger partial charge < -0.3 is 5.11 Å². The van der Waals surface area contributed by atoms with Crippen LogP contribution in [0.5, 0.6) is 0 Å². The molecule has 0 aromatic carbocycles. The van der Waals surface area contributed by atoms with E-state index < -0.39 is 5.97 Å². The number of likely N-dealkylation sites (tertiary alicyclic amines) is 1. The second-order valence-electron chi connectivity index (χ2n) is 4.03. The van der Waals surface area contributed by atoms with Crippen molar-refractivity contribution in [2.75, 3.05) is 13.1 Å². The molecule has 2 rings (SSSR count). The first kappa shape index (κ1) is 11.5. The lowest BCUT2D eigenvalue weighted by Gasteiger charge is -2.20. The highest BCUT2D eigenvalue weighted by Gasteiger charge is 2.27.